The molecule has 156 valence electrons. The first-order valence-corrected chi connectivity index (χ1v) is 11.4. The van der Waals surface area contributed by atoms with Gasteiger partial charge in [-0.2, -0.15) is 0 Å². The van der Waals surface area contributed by atoms with Crippen molar-refractivity contribution in [3.8, 4) is 0 Å². The molecule has 1 aromatic heterocycles. The maximum atomic E-state index is 13.2. The third-order valence-corrected chi connectivity index (χ3v) is 6.56. The van der Waals surface area contributed by atoms with Gasteiger partial charge in [-0.25, -0.2) is 4.68 Å². The normalized spacial score (nSPS) is 17.8. The van der Waals surface area contributed by atoms with Crippen molar-refractivity contribution >= 4 is 35.0 Å². The van der Waals surface area contributed by atoms with E-state index in [2.05, 4.69) is 59.1 Å². The molecule has 2 atom stereocenters. The molecule has 0 spiro atoms. The second-order valence-corrected chi connectivity index (χ2v) is 8.77. The number of benzene rings is 2. The minimum atomic E-state index is -0.403. The lowest BCUT2D eigenvalue weighted by atomic mass is 10.0. The fourth-order valence-corrected chi connectivity index (χ4v) is 4.67. The Bertz CT molecular complexity index is 1020. The molecule has 3 aromatic rings. The van der Waals surface area contributed by atoms with E-state index in [1.54, 1.807) is 24.3 Å². The summed E-state index contributed by atoms with van der Waals surface area (Å²) in [6.07, 6.45) is 2.77. The molecular weight excluding hydrogens is 418 g/mol. The van der Waals surface area contributed by atoms with E-state index in [1.165, 1.54) is 17.3 Å². The molecule has 1 amide bonds. The van der Waals surface area contributed by atoms with Crippen LogP contribution < -0.4 is 10.7 Å². The number of rotatable bonds is 6. The van der Waals surface area contributed by atoms with E-state index in [1.807, 2.05) is 4.68 Å². The lowest BCUT2D eigenvalue weighted by molar-refractivity contribution is -0.116. The molecule has 0 fully saturated rings. The molecule has 0 bridgehead atoms. The molecule has 0 radical (unpaired) electrons. The highest BCUT2D eigenvalue weighted by atomic mass is 35.5. The summed E-state index contributed by atoms with van der Waals surface area (Å²) >= 11 is 7.40. The van der Waals surface area contributed by atoms with Crippen LogP contribution in [0.25, 0.3) is 0 Å². The molecule has 0 aliphatic carbocycles. The predicted molar refractivity (Wildman–Crippen MR) is 122 cm³/mol. The van der Waals surface area contributed by atoms with Gasteiger partial charge in [-0.1, -0.05) is 61.5 Å². The van der Waals surface area contributed by atoms with Gasteiger partial charge < -0.3 is 10.7 Å². The summed E-state index contributed by atoms with van der Waals surface area (Å²) in [6.45, 7) is 4.24. The van der Waals surface area contributed by atoms with Crippen LogP contribution in [0.4, 0.5) is 5.69 Å². The maximum absolute atomic E-state index is 13.2. The lowest BCUT2D eigenvalue weighted by Gasteiger charge is -2.33. The van der Waals surface area contributed by atoms with Crippen molar-refractivity contribution in [2.75, 3.05) is 10.7 Å². The van der Waals surface area contributed by atoms with Gasteiger partial charge in [0.05, 0.1) is 6.04 Å². The minimum absolute atomic E-state index is 0.0920. The summed E-state index contributed by atoms with van der Waals surface area (Å²) < 4.78 is 1.93. The number of fused-ring (bicyclic) bond motifs is 1. The summed E-state index contributed by atoms with van der Waals surface area (Å²) in [5.74, 6) is 0.789. The largest absolute Gasteiger partial charge is 0.325 e. The standard InChI is InChI=1S/C22H24ClN5OS/c1-3-5-18-25-26-22-28(18)27-19(15-8-6-14(4-2)7-9-15)20(30-22)21(29)24-17-12-10-16(23)11-13-17/h6-13,19-20,27H,3-5H2,1-2H3,(H,24,29)/t19-,20-/m0/s1. The molecule has 1 aliphatic heterocycles. The molecule has 2 N–H and O–H groups in total. The Labute approximate surface area is 185 Å². The maximum Gasteiger partial charge on any atom is 0.240 e. The Morgan fingerprint density at radius 1 is 1.13 bits per heavy atom. The van der Waals surface area contributed by atoms with Gasteiger partial charge in [0.15, 0.2) is 5.82 Å². The number of aryl methyl sites for hydroxylation is 2. The zero-order chi connectivity index (χ0) is 21.1. The number of nitrogens with one attached hydrogen (secondary N) is 2. The molecule has 4 rings (SSSR count). The van der Waals surface area contributed by atoms with Gasteiger partial charge in [0.25, 0.3) is 0 Å². The number of carbonyl (C=O) groups is 1. The summed E-state index contributed by atoms with van der Waals surface area (Å²) in [5, 5.41) is 12.6. The molecule has 2 heterocycles. The molecule has 30 heavy (non-hydrogen) atoms. The van der Waals surface area contributed by atoms with E-state index in [0.717, 1.165) is 30.7 Å². The van der Waals surface area contributed by atoms with Crippen LogP contribution in [0, 0.1) is 0 Å². The number of hydrogen-bond acceptors (Lipinski definition) is 5. The lowest BCUT2D eigenvalue weighted by Crippen LogP contribution is -2.41. The third kappa shape index (κ3) is 4.32. The van der Waals surface area contributed by atoms with E-state index in [9.17, 15) is 4.79 Å². The van der Waals surface area contributed by atoms with Crippen molar-refractivity contribution in [1.82, 2.24) is 14.9 Å². The van der Waals surface area contributed by atoms with Crippen LogP contribution in [0.15, 0.2) is 53.7 Å². The van der Waals surface area contributed by atoms with Gasteiger partial charge >= 0.3 is 0 Å². The van der Waals surface area contributed by atoms with E-state index in [-0.39, 0.29) is 11.9 Å². The second-order valence-electron chi connectivity index (χ2n) is 7.22. The Kier molecular flexibility index (Phi) is 6.29. The van der Waals surface area contributed by atoms with E-state index in [4.69, 9.17) is 11.6 Å². The summed E-state index contributed by atoms with van der Waals surface area (Å²) in [5.41, 5.74) is 6.53. The summed E-state index contributed by atoms with van der Waals surface area (Å²) in [7, 11) is 0. The second kappa shape index (κ2) is 9.10. The Morgan fingerprint density at radius 3 is 2.53 bits per heavy atom. The minimum Gasteiger partial charge on any atom is -0.325 e. The Morgan fingerprint density at radius 2 is 1.87 bits per heavy atom. The molecule has 0 saturated heterocycles. The van der Waals surface area contributed by atoms with Crippen molar-refractivity contribution in [1.29, 1.82) is 0 Å². The van der Waals surface area contributed by atoms with Gasteiger partial charge in [-0.05, 0) is 48.2 Å². The monoisotopic (exact) mass is 441 g/mol. The quantitative estimate of drug-likeness (QED) is 0.572. The van der Waals surface area contributed by atoms with Crippen LogP contribution >= 0.6 is 23.4 Å². The number of hydrogen-bond donors (Lipinski definition) is 2. The van der Waals surface area contributed by atoms with Gasteiger partial charge in [-0.3, -0.25) is 4.79 Å². The number of anilines is 1. The highest BCUT2D eigenvalue weighted by Crippen LogP contribution is 2.37. The first kappa shape index (κ1) is 20.8. The van der Waals surface area contributed by atoms with Gasteiger partial charge in [0.2, 0.25) is 11.1 Å². The van der Waals surface area contributed by atoms with Crippen LogP contribution in [0.3, 0.4) is 0 Å². The highest BCUT2D eigenvalue weighted by Gasteiger charge is 2.37. The highest BCUT2D eigenvalue weighted by molar-refractivity contribution is 8.00. The topological polar surface area (TPSA) is 71.8 Å². The molecule has 1 aliphatic rings. The van der Waals surface area contributed by atoms with Crippen molar-refractivity contribution in [3.63, 3.8) is 0 Å². The zero-order valence-electron chi connectivity index (χ0n) is 16.9. The molecule has 6 nitrogen and oxygen atoms in total. The van der Waals surface area contributed by atoms with Gasteiger partial charge in [0, 0.05) is 17.1 Å². The van der Waals surface area contributed by atoms with Crippen LogP contribution in [0.2, 0.25) is 5.02 Å². The van der Waals surface area contributed by atoms with Crippen LogP contribution in [-0.4, -0.2) is 26.0 Å². The first-order valence-electron chi connectivity index (χ1n) is 10.1. The number of halogens is 1. The molecule has 0 unspecified atom stereocenters. The first-order chi connectivity index (χ1) is 14.6. The zero-order valence-corrected chi connectivity index (χ0v) is 18.5. The van der Waals surface area contributed by atoms with E-state index >= 15 is 0 Å². The number of nitrogens with zero attached hydrogens (tertiary/aromatic N) is 3. The average Bonchev–Trinajstić information content (AvgIpc) is 3.16. The molecule has 0 saturated carbocycles. The van der Waals surface area contributed by atoms with Crippen molar-refractivity contribution in [3.05, 3.63) is 70.5 Å². The number of amides is 1. The van der Waals surface area contributed by atoms with Crippen LogP contribution in [0.1, 0.15) is 43.3 Å². The average molecular weight is 442 g/mol. The van der Waals surface area contributed by atoms with Crippen LogP contribution in [0.5, 0.6) is 0 Å². The smallest absolute Gasteiger partial charge is 0.240 e. The van der Waals surface area contributed by atoms with Crippen molar-refractivity contribution < 1.29 is 4.79 Å². The number of thioether (sulfide) groups is 1. The molecular formula is C22H24ClN5OS. The third-order valence-electron chi connectivity index (χ3n) is 5.09. The van der Waals surface area contributed by atoms with Crippen molar-refractivity contribution in [2.24, 2.45) is 0 Å². The SMILES string of the molecule is CCCc1nnc2n1N[C@@H](c1ccc(CC)cc1)[C@@H](C(=O)Nc1ccc(Cl)cc1)S2. The molecule has 8 heteroatoms. The van der Waals surface area contributed by atoms with Gasteiger partial charge in [0.1, 0.15) is 5.25 Å². The van der Waals surface area contributed by atoms with Gasteiger partial charge in [-0.15, -0.1) is 10.2 Å². The number of aromatic nitrogens is 3. The Balaban J connectivity index is 1.65. The fourth-order valence-electron chi connectivity index (χ4n) is 3.44. The number of carbonyl (C=O) groups excluding carboxylic acids is 1. The summed E-state index contributed by atoms with van der Waals surface area (Å²) in [6, 6.07) is 15.3. The van der Waals surface area contributed by atoms with E-state index < -0.39 is 5.25 Å². The molecule has 2 aromatic carbocycles. The van der Waals surface area contributed by atoms with E-state index in [0.29, 0.717) is 15.9 Å². The predicted octanol–water partition coefficient (Wildman–Crippen LogP) is 4.84. The Hall–Kier alpha value is -2.51. The van der Waals surface area contributed by atoms with Crippen molar-refractivity contribution in [2.45, 2.75) is 49.6 Å². The fraction of sp³-hybridized carbons (Fsp3) is 0.318. The summed E-state index contributed by atoms with van der Waals surface area (Å²) in [4.78, 5) is 13.2. The van der Waals surface area contributed by atoms with Crippen LogP contribution in [-0.2, 0) is 17.6 Å².